The van der Waals surface area contributed by atoms with Crippen LogP contribution in [0.2, 0.25) is 0 Å². The van der Waals surface area contributed by atoms with Gasteiger partial charge in [-0.3, -0.25) is 14.8 Å². The quantitative estimate of drug-likeness (QED) is 0.859. The van der Waals surface area contributed by atoms with Gasteiger partial charge in [0.05, 0.1) is 0 Å². The first-order chi connectivity index (χ1) is 8.75. The monoisotopic (exact) mass is 241 g/mol. The lowest BCUT2D eigenvalue weighted by Crippen LogP contribution is -2.27. The summed E-state index contributed by atoms with van der Waals surface area (Å²) in [4.78, 5) is 19.9. The van der Waals surface area contributed by atoms with Gasteiger partial charge in [0.15, 0.2) is 0 Å². The molecule has 2 rings (SSSR count). The van der Waals surface area contributed by atoms with Crippen molar-refractivity contribution in [3.05, 3.63) is 60.2 Å². The molecule has 0 aliphatic carbocycles. The molecule has 0 unspecified atom stereocenters. The van der Waals surface area contributed by atoms with Crippen LogP contribution >= 0.6 is 0 Å². The van der Waals surface area contributed by atoms with Crippen LogP contribution in [0.5, 0.6) is 0 Å². The molecule has 0 aliphatic heterocycles. The Kier molecular flexibility index (Phi) is 4.02. The average molecular weight is 241 g/mol. The van der Waals surface area contributed by atoms with Gasteiger partial charge in [-0.05, 0) is 24.3 Å². The molecule has 0 radical (unpaired) electrons. The minimum atomic E-state index is -0.314. The number of carbonyl (C=O) groups excluding carboxylic acids is 1. The predicted molar refractivity (Wildman–Crippen MR) is 68.6 cm³/mol. The molecule has 0 aliphatic rings. The van der Waals surface area contributed by atoms with Crippen LogP contribution in [-0.4, -0.2) is 15.9 Å². The molecule has 0 saturated carbocycles. The second-order valence-electron chi connectivity index (χ2n) is 4.15. The molecule has 4 heteroatoms. The third-order valence-corrected chi connectivity index (χ3v) is 2.77. The summed E-state index contributed by atoms with van der Waals surface area (Å²) in [7, 11) is 0. The number of aromatic nitrogens is 2. The first-order valence-corrected chi connectivity index (χ1v) is 5.85. The third kappa shape index (κ3) is 3.38. The van der Waals surface area contributed by atoms with Gasteiger partial charge < -0.3 is 5.73 Å². The fraction of sp³-hybridized carbons (Fsp3) is 0.214. The van der Waals surface area contributed by atoms with Crippen molar-refractivity contribution in [1.29, 1.82) is 0 Å². The number of hydrogen-bond donors (Lipinski definition) is 1. The minimum absolute atomic E-state index is 0.269. The highest BCUT2D eigenvalue weighted by molar-refractivity contribution is 5.77. The average Bonchev–Trinajstić information content (AvgIpc) is 2.40. The van der Waals surface area contributed by atoms with E-state index in [1.54, 1.807) is 12.4 Å². The number of pyridine rings is 2. The maximum absolute atomic E-state index is 11.5. The summed E-state index contributed by atoms with van der Waals surface area (Å²) < 4.78 is 0. The van der Waals surface area contributed by atoms with Crippen molar-refractivity contribution in [2.45, 2.75) is 12.8 Å². The Balaban J connectivity index is 2.08. The number of primary amides is 1. The Bertz CT molecular complexity index is 457. The van der Waals surface area contributed by atoms with E-state index in [9.17, 15) is 4.79 Å². The highest BCUT2D eigenvalue weighted by Crippen LogP contribution is 2.11. The Morgan fingerprint density at radius 1 is 1.00 bits per heavy atom. The van der Waals surface area contributed by atoms with Crippen LogP contribution in [0.4, 0.5) is 0 Å². The minimum Gasteiger partial charge on any atom is -0.369 e. The van der Waals surface area contributed by atoms with E-state index in [-0.39, 0.29) is 11.8 Å². The van der Waals surface area contributed by atoms with Crippen molar-refractivity contribution in [1.82, 2.24) is 9.97 Å². The number of nitrogens with zero attached hydrogens (tertiary/aromatic N) is 2. The van der Waals surface area contributed by atoms with Gasteiger partial charge in [0.2, 0.25) is 5.91 Å². The molecule has 0 saturated heterocycles. The largest absolute Gasteiger partial charge is 0.369 e. The molecule has 18 heavy (non-hydrogen) atoms. The van der Waals surface area contributed by atoms with Crippen molar-refractivity contribution >= 4 is 5.91 Å². The standard InChI is InChI=1S/C14H15N3O/c15-14(18)11(9-12-5-1-3-7-16-12)10-13-6-2-4-8-17-13/h1-8,11H,9-10H2,(H2,15,18). The van der Waals surface area contributed by atoms with Crippen LogP contribution in [0.25, 0.3) is 0 Å². The summed E-state index contributed by atoms with van der Waals surface area (Å²) in [5.74, 6) is -0.582. The summed E-state index contributed by atoms with van der Waals surface area (Å²) in [6.45, 7) is 0. The number of nitrogens with two attached hydrogens (primary N) is 1. The first-order valence-electron chi connectivity index (χ1n) is 5.85. The molecule has 2 aromatic heterocycles. The Hall–Kier alpha value is -2.23. The van der Waals surface area contributed by atoms with E-state index in [0.29, 0.717) is 12.8 Å². The zero-order chi connectivity index (χ0) is 12.8. The second-order valence-corrected chi connectivity index (χ2v) is 4.15. The van der Waals surface area contributed by atoms with Gasteiger partial charge in [0.1, 0.15) is 0 Å². The lowest BCUT2D eigenvalue weighted by molar-refractivity contribution is -0.121. The molecule has 0 atom stereocenters. The van der Waals surface area contributed by atoms with E-state index in [0.717, 1.165) is 11.4 Å². The molecule has 92 valence electrons. The summed E-state index contributed by atoms with van der Waals surface area (Å²) in [6, 6.07) is 11.3. The van der Waals surface area contributed by atoms with E-state index < -0.39 is 0 Å². The Morgan fingerprint density at radius 3 is 1.83 bits per heavy atom. The molecule has 0 fully saturated rings. The lowest BCUT2D eigenvalue weighted by Gasteiger charge is -2.12. The number of carbonyl (C=O) groups is 1. The molecule has 2 N–H and O–H groups in total. The summed E-state index contributed by atoms with van der Waals surface area (Å²) in [6.07, 6.45) is 4.53. The number of amides is 1. The van der Waals surface area contributed by atoms with Crippen LogP contribution in [0.3, 0.4) is 0 Å². The van der Waals surface area contributed by atoms with Gasteiger partial charge in [0.25, 0.3) is 0 Å². The summed E-state index contributed by atoms with van der Waals surface area (Å²) in [5, 5.41) is 0. The van der Waals surface area contributed by atoms with E-state index in [4.69, 9.17) is 5.73 Å². The van der Waals surface area contributed by atoms with E-state index in [1.165, 1.54) is 0 Å². The molecule has 2 heterocycles. The van der Waals surface area contributed by atoms with Crippen molar-refractivity contribution in [3.8, 4) is 0 Å². The zero-order valence-corrected chi connectivity index (χ0v) is 9.99. The predicted octanol–water partition coefficient (Wildman–Crippen LogP) is 1.36. The van der Waals surface area contributed by atoms with Gasteiger partial charge in [-0.15, -0.1) is 0 Å². The van der Waals surface area contributed by atoms with Crippen LogP contribution in [-0.2, 0) is 17.6 Å². The lowest BCUT2D eigenvalue weighted by atomic mass is 9.96. The second kappa shape index (κ2) is 5.91. The maximum atomic E-state index is 11.5. The topological polar surface area (TPSA) is 68.9 Å². The number of hydrogen-bond acceptors (Lipinski definition) is 3. The summed E-state index contributed by atoms with van der Waals surface area (Å²) >= 11 is 0. The van der Waals surface area contributed by atoms with Crippen LogP contribution in [0.1, 0.15) is 11.4 Å². The van der Waals surface area contributed by atoms with Gasteiger partial charge in [0, 0.05) is 42.5 Å². The Morgan fingerprint density at radius 2 is 1.50 bits per heavy atom. The Labute approximate surface area is 106 Å². The molecule has 2 aromatic rings. The third-order valence-electron chi connectivity index (χ3n) is 2.77. The molecule has 0 bridgehead atoms. The van der Waals surface area contributed by atoms with Crippen LogP contribution in [0, 0.1) is 5.92 Å². The normalized spacial score (nSPS) is 10.5. The van der Waals surface area contributed by atoms with Crippen molar-refractivity contribution in [2.75, 3.05) is 0 Å². The fourth-order valence-corrected chi connectivity index (χ4v) is 1.82. The SMILES string of the molecule is NC(=O)C(Cc1ccccn1)Cc1ccccn1. The van der Waals surface area contributed by atoms with Crippen LogP contribution in [0.15, 0.2) is 48.8 Å². The smallest absolute Gasteiger partial charge is 0.221 e. The molecular formula is C14H15N3O. The molecular weight excluding hydrogens is 226 g/mol. The van der Waals surface area contributed by atoms with Crippen molar-refractivity contribution in [2.24, 2.45) is 11.7 Å². The van der Waals surface area contributed by atoms with E-state index in [2.05, 4.69) is 9.97 Å². The van der Waals surface area contributed by atoms with Crippen molar-refractivity contribution in [3.63, 3.8) is 0 Å². The zero-order valence-electron chi connectivity index (χ0n) is 9.99. The molecule has 1 amide bonds. The molecule has 4 nitrogen and oxygen atoms in total. The maximum Gasteiger partial charge on any atom is 0.221 e. The van der Waals surface area contributed by atoms with E-state index >= 15 is 0 Å². The van der Waals surface area contributed by atoms with Crippen molar-refractivity contribution < 1.29 is 4.79 Å². The van der Waals surface area contributed by atoms with E-state index in [1.807, 2.05) is 36.4 Å². The molecule has 0 aromatic carbocycles. The van der Waals surface area contributed by atoms with Gasteiger partial charge >= 0.3 is 0 Å². The first kappa shape index (κ1) is 12.2. The van der Waals surface area contributed by atoms with Crippen LogP contribution < -0.4 is 5.73 Å². The highest BCUT2D eigenvalue weighted by Gasteiger charge is 2.17. The summed E-state index contributed by atoms with van der Waals surface area (Å²) in [5.41, 5.74) is 7.18. The van der Waals surface area contributed by atoms with Gasteiger partial charge in [-0.25, -0.2) is 0 Å². The highest BCUT2D eigenvalue weighted by atomic mass is 16.1. The number of rotatable bonds is 5. The fourth-order valence-electron chi connectivity index (χ4n) is 1.82. The molecule has 0 spiro atoms. The van der Waals surface area contributed by atoms with Gasteiger partial charge in [-0.1, -0.05) is 12.1 Å². The van der Waals surface area contributed by atoms with Gasteiger partial charge in [-0.2, -0.15) is 0 Å².